The number of benzene rings is 1. The molecular weight excluding hydrogens is 304 g/mol. The largest absolute Gasteiger partial charge is 0.295 e. The van der Waals surface area contributed by atoms with E-state index in [-0.39, 0.29) is 5.78 Å². The number of rotatable bonds is 5. The van der Waals surface area contributed by atoms with Crippen LogP contribution in [0.2, 0.25) is 0 Å². The van der Waals surface area contributed by atoms with Gasteiger partial charge in [-0.25, -0.2) is 0 Å². The number of likely N-dealkylation sites (N-methyl/N-ethyl adjacent to an activating group) is 1. The fourth-order valence-corrected chi connectivity index (χ4v) is 2.10. The van der Waals surface area contributed by atoms with Crippen LogP contribution in [0.3, 0.4) is 0 Å². The van der Waals surface area contributed by atoms with Gasteiger partial charge in [0.15, 0.2) is 5.78 Å². The highest BCUT2D eigenvalue weighted by atomic mass is 79.9. The molecule has 0 N–H and O–H groups in total. The third kappa shape index (κ3) is 4.26. The van der Waals surface area contributed by atoms with E-state index >= 15 is 0 Å². The molecule has 0 aliphatic carbocycles. The van der Waals surface area contributed by atoms with Crippen molar-refractivity contribution in [1.29, 1.82) is 0 Å². The van der Waals surface area contributed by atoms with E-state index in [1.165, 1.54) is 0 Å². The fourth-order valence-electron chi connectivity index (χ4n) is 1.83. The zero-order valence-electron chi connectivity index (χ0n) is 10.7. The molecule has 19 heavy (non-hydrogen) atoms. The van der Waals surface area contributed by atoms with Crippen LogP contribution >= 0.6 is 15.9 Å². The van der Waals surface area contributed by atoms with Gasteiger partial charge in [0.25, 0.3) is 0 Å². The molecule has 4 heteroatoms. The average Bonchev–Trinajstić information content (AvgIpc) is 2.40. The first-order chi connectivity index (χ1) is 9.15. The minimum atomic E-state index is 0.124. The number of pyridine rings is 1. The van der Waals surface area contributed by atoms with E-state index in [1.54, 1.807) is 6.20 Å². The van der Waals surface area contributed by atoms with E-state index < -0.39 is 0 Å². The SMILES string of the molecule is CN(CC(=O)c1ccc(Br)cc1)Cc1cccnc1. The van der Waals surface area contributed by atoms with Crippen molar-refractivity contribution in [3.05, 3.63) is 64.4 Å². The van der Waals surface area contributed by atoms with Gasteiger partial charge in [-0.3, -0.25) is 14.7 Å². The third-order valence-electron chi connectivity index (χ3n) is 2.76. The maximum absolute atomic E-state index is 12.1. The van der Waals surface area contributed by atoms with Crippen LogP contribution in [0, 0.1) is 0 Å². The van der Waals surface area contributed by atoms with Crippen LogP contribution in [-0.4, -0.2) is 29.3 Å². The van der Waals surface area contributed by atoms with Crippen molar-refractivity contribution in [3.63, 3.8) is 0 Å². The highest BCUT2D eigenvalue weighted by molar-refractivity contribution is 9.10. The zero-order chi connectivity index (χ0) is 13.7. The molecular formula is C15H15BrN2O. The lowest BCUT2D eigenvalue weighted by molar-refractivity contribution is 0.0943. The predicted molar refractivity (Wildman–Crippen MR) is 79.0 cm³/mol. The number of hydrogen-bond donors (Lipinski definition) is 0. The highest BCUT2D eigenvalue weighted by Crippen LogP contribution is 2.11. The van der Waals surface area contributed by atoms with Crippen LogP contribution in [0.15, 0.2) is 53.3 Å². The van der Waals surface area contributed by atoms with E-state index in [0.717, 1.165) is 22.1 Å². The molecule has 0 saturated carbocycles. The summed E-state index contributed by atoms with van der Waals surface area (Å²) in [4.78, 5) is 18.1. The number of halogens is 1. The summed E-state index contributed by atoms with van der Waals surface area (Å²) in [5.74, 6) is 0.124. The quantitative estimate of drug-likeness (QED) is 0.794. The van der Waals surface area contributed by atoms with E-state index in [1.807, 2.05) is 54.5 Å². The second kappa shape index (κ2) is 6.59. The Labute approximate surface area is 121 Å². The third-order valence-corrected chi connectivity index (χ3v) is 3.28. The first-order valence-corrected chi connectivity index (χ1v) is 6.80. The van der Waals surface area contributed by atoms with Crippen LogP contribution in [-0.2, 0) is 6.54 Å². The standard InChI is InChI=1S/C15H15BrN2O/c1-18(10-12-3-2-8-17-9-12)11-15(19)13-4-6-14(16)7-5-13/h2-9H,10-11H2,1H3. The van der Waals surface area contributed by atoms with Crippen molar-refractivity contribution in [1.82, 2.24) is 9.88 Å². The second-order valence-electron chi connectivity index (χ2n) is 4.46. The van der Waals surface area contributed by atoms with Gasteiger partial charge in [-0.15, -0.1) is 0 Å². The second-order valence-corrected chi connectivity index (χ2v) is 5.38. The van der Waals surface area contributed by atoms with Crippen molar-refractivity contribution in [2.24, 2.45) is 0 Å². The molecule has 1 aromatic heterocycles. The van der Waals surface area contributed by atoms with Crippen LogP contribution in [0.5, 0.6) is 0 Å². The van der Waals surface area contributed by atoms with E-state index in [2.05, 4.69) is 20.9 Å². The van der Waals surface area contributed by atoms with Gasteiger partial charge in [0.05, 0.1) is 6.54 Å². The Hall–Kier alpha value is -1.52. The molecule has 0 saturated heterocycles. The number of carbonyl (C=O) groups excluding carboxylic acids is 1. The maximum Gasteiger partial charge on any atom is 0.176 e. The summed E-state index contributed by atoms with van der Waals surface area (Å²) in [6.45, 7) is 1.12. The molecule has 0 amide bonds. The topological polar surface area (TPSA) is 33.2 Å². The molecule has 0 aliphatic rings. The highest BCUT2D eigenvalue weighted by Gasteiger charge is 2.09. The van der Waals surface area contributed by atoms with Gasteiger partial charge in [-0.2, -0.15) is 0 Å². The van der Waals surface area contributed by atoms with E-state index in [9.17, 15) is 4.79 Å². The van der Waals surface area contributed by atoms with Gasteiger partial charge >= 0.3 is 0 Å². The van der Waals surface area contributed by atoms with Gasteiger partial charge in [0.2, 0.25) is 0 Å². The normalized spacial score (nSPS) is 10.7. The minimum absolute atomic E-state index is 0.124. The van der Waals surface area contributed by atoms with E-state index in [0.29, 0.717) is 6.54 Å². The summed E-state index contributed by atoms with van der Waals surface area (Å²) >= 11 is 3.36. The monoisotopic (exact) mass is 318 g/mol. The first kappa shape index (κ1) is 13.9. The Morgan fingerprint density at radius 3 is 2.63 bits per heavy atom. The van der Waals surface area contributed by atoms with Gasteiger partial charge in [0, 0.05) is 29.0 Å². The molecule has 1 heterocycles. The van der Waals surface area contributed by atoms with Gasteiger partial charge < -0.3 is 0 Å². The Morgan fingerprint density at radius 1 is 1.26 bits per heavy atom. The molecule has 98 valence electrons. The molecule has 1 aromatic carbocycles. The number of Topliss-reactive ketones (excluding diaryl/α,β-unsaturated/α-hetero) is 1. The number of hydrogen-bond acceptors (Lipinski definition) is 3. The molecule has 0 radical (unpaired) electrons. The smallest absolute Gasteiger partial charge is 0.176 e. The molecule has 0 atom stereocenters. The number of ketones is 1. The van der Waals surface area contributed by atoms with Crippen LogP contribution in [0.1, 0.15) is 15.9 Å². The summed E-state index contributed by atoms with van der Waals surface area (Å²) in [5, 5.41) is 0. The van der Waals surface area contributed by atoms with Crippen molar-refractivity contribution < 1.29 is 4.79 Å². The van der Waals surface area contributed by atoms with Crippen LogP contribution < -0.4 is 0 Å². The maximum atomic E-state index is 12.1. The van der Waals surface area contributed by atoms with Gasteiger partial charge in [0.1, 0.15) is 0 Å². The van der Waals surface area contributed by atoms with Gasteiger partial charge in [-0.05, 0) is 30.8 Å². The molecule has 3 nitrogen and oxygen atoms in total. The lowest BCUT2D eigenvalue weighted by atomic mass is 10.1. The van der Waals surface area contributed by atoms with Crippen LogP contribution in [0.4, 0.5) is 0 Å². The average molecular weight is 319 g/mol. The molecule has 2 aromatic rings. The summed E-state index contributed by atoms with van der Waals surface area (Å²) < 4.78 is 0.979. The number of nitrogens with zero attached hydrogens (tertiary/aromatic N) is 2. The predicted octanol–water partition coefficient (Wildman–Crippen LogP) is 3.16. The zero-order valence-corrected chi connectivity index (χ0v) is 12.3. The Balaban J connectivity index is 1.93. The van der Waals surface area contributed by atoms with Crippen molar-refractivity contribution in [2.45, 2.75) is 6.54 Å². The summed E-state index contributed by atoms with van der Waals surface area (Å²) in [6.07, 6.45) is 3.57. The molecule has 2 rings (SSSR count). The summed E-state index contributed by atoms with van der Waals surface area (Å²) in [5.41, 5.74) is 1.84. The number of carbonyl (C=O) groups is 1. The van der Waals surface area contributed by atoms with Gasteiger partial charge in [-0.1, -0.05) is 34.1 Å². The van der Waals surface area contributed by atoms with Crippen LogP contribution in [0.25, 0.3) is 0 Å². The molecule has 0 fully saturated rings. The molecule has 0 aliphatic heterocycles. The fraction of sp³-hybridized carbons (Fsp3) is 0.200. The molecule has 0 spiro atoms. The summed E-state index contributed by atoms with van der Waals surface area (Å²) in [6, 6.07) is 11.4. The lowest BCUT2D eigenvalue weighted by Crippen LogP contribution is -2.25. The minimum Gasteiger partial charge on any atom is -0.295 e. The lowest BCUT2D eigenvalue weighted by Gasteiger charge is -2.15. The first-order valence-electron chi connectivity index (χ1n) is 6.01. The summed E-state index contributed by atoms with van der Waals surface area (Å²) in [7, 11) is 1.93. The Bertz CT molecular complexity index is 540. The molecule has 0 unspecified atom stereocenters. The molecule has 0 bridgehead atoms. The Morgan fingerprint density at radius 2 is 2.00 bits per heavy atom. The van der Waals surface area contributed by atoms with Crippen molar-refractivity contribution >= 4 is 21.7 Å². The van der Waals surface area contributed by atoms with E-state index in [4.69, 9.17) is 0 Å². The van der Waals surface area contributed by atoms with Crippen molar-refractivity contribution in [2.75, 3.05) is 13.6 Å². The number of aromatic nitrogens is 1. The van der Waals surface area contributed by atoms with Crippen molar-refractivity contribution in [3.8, 4) is 0 Å². The Kier molecular flexibility index (Phi) is 4.82.